The van der Waals surface area contributed by atoms with Crippen LogP contribution in [0.15, 0.2) is 77.9 Å². The average molecular weight is 520 g/mol. The zero-order chi connectivity index (χ0) is 26.9. The van der Waals surface area contributed by atoms with Gasteiger partial charge in [-0.15, -0.1) is 0 Å². The van der Waals surface area contributed by atoms with Gasteiger partial charge in [-0.25, -0.2) is 0 Å². The standard InChI is InChI=1S/C32H33N5O2/c1-35-15-13-23(16-30(35)38)27-12-14-34-18-28(27)32(39)37(26-10-11-26)21-25-20-36(19-22-6-3-2-4-7-22)29-9-5-8-24(17-33)31(25)29/h2-9,13,15-16,20,26-28,34H,10-12,14,18-19,21H2,1H3/t27?,28-/m0/s1. The molecule has 1 unspecified atom stereocenters. The van der Waals surface area contributed by atoms with Crippen molar-refractivity contribution in [3.63, 3.8) is 0 Å². The van der Waals surface area contributed by atoms with Crippen molar-refractivity contribution in [3.05, 3.63) is 106 Å². The fraction of sp³-hybridized carbons (Fsp3) is 0.344. The number of amides is 1. The van der Waals surface area contributed by atoms with Gasteiger partial charge in [0.2, 0.25) is 5.91 Å². The van der Waals surface area contributed by atoms with Crippen LogP contribution in [0, 0.1) is 17.2 Å². The first-order chi connectivity index (χ1) is 19.0. The number of fused-ring (bicyclic) bond motifs is 1. The second-order valence-electron chi connectivity index (χ2n) is 10.9. The first-order valence-corrected chi connectivity index (χ1v) is 13.8. The molecule has 0 spiro atoms. The van der Waals surface area contributed by atoms with Gasteiger partial charge in [0.05, 0.1) is 17.6 Å². The van der Waals surface area contributed by atoms with Crippen LogP contribution in [0.25, 0.3) is 10.9 Å². The Bertz CT molecular complexity index is 1610. The smallest absolute Gasteiger partial charge is 0.250 e. The van der Waals surface area contributed by atoms with Crippen LogP contribution in [-0.2, 0) is 24.9 Å². The Morgan fingerprint density at radius 3 is 2.67 bits per heavy atom. The van der Waals surface area contributed by atoms with Gasteiger partial charge in [-0.2, -0.15) is 5.26 Å². The van der Waals surface area contributed by atoms with E-state index in [1.54, 1.807) is 23.9 Å². The summed E-state index contributed by atoms with van der Waals surface area (Å²) in [6, 6.07) is 22.4. The summed E-state index contributed by atoms with van der Waals surface area (Å²) in [5.74, 6) is -0.101. The monoisotopic (exact) mass is 519 g/mol. The van der Waals surface area contributed by atoms with E-state index in [1.807, 2.05) is 41.3 Å². The highest BCUT2D eigenvalue weighted by Crippen LogP contribution is 2.37. The Labute approximate surface area is 228 Å². The number of rotatable bonds is 7. The number of nitrogens with one attached hydrogen (secondary N) is 1. The van der Waals surface area contributed by atoms with E-state index in [4.69, 9.17) is 0 Å². The third-order valence-electron chi connectivity index (χ3n) is 8.27. The molecule has 2 aromatic carbocycles. The van der Waals surface area contributed by atoms with Crippen molar-refractivity contribution in [1.82, 2.24) is 19.4 Å². The topological polar surface area (TPSA) is 83.1 Å². The van der Waals surface area contributed by atoms with E-state index in [2.05, 4.69) is 40.3 Å². The molecule has 2 aromatic heterocycles. The van der Waals surface area contributed by atoms with Gasteiger partial charge in [-0.3, -0.25) is 9.59 Å². The van der Waals surface area contributed by atoms with E-state index in [1.165, 1.54) is 5.56 Å². The van der Waals surface area contributed by atoms with Gasteiger partial charge in [0.15, 0.2) is 0 Å². The molecule has 6 rings (SSSR count). The number of aryl methyl sites for hydroxylation is 1. The summed E-state index contributed by atoms with van der Waals surface area (Å²) in [6.07, 6.45) is 6.73. The zero-order valence-electron chi connectivity index (χ0n) is 22.2. The lowest BCUT2D eigenvalue weighted by molar-refractivity contribution is -0.138. The van der Waals surface area contributed by atoms with Crippen LogP contribution >= 0.6 is 0 Å². The van der Waals surface area contributed by atoms with Crippen LogP contribution in [0.3, 0.4) is 0 Å². The minimum absolute atomic E-state index is 0.00277. The lowest BCUT2D eigenvalue weighted by Gasteiger charge is -2.35. The van der Waals surface area contributed by atoms with E-state index < -0.39 is 0 Å². The van der Waals surface area contributed by atoms with Gasteiger partial charge in [0, 0.05) is 62.1 Å². The summed E-state index contributed by atoms with van der Waals surface area (Å²) in [5, 5.41) is 14.3. The van der Waals surface area contributed by atoms with E-state index in [9.17, 15) is 14.9 Å². The fourth-order valence-corrected chi connectivity index (χ4v) is 6.04. The molecule has 3 heterocycles. The average Bonchev–Trinajstić information content (AvgIpc) is 3.76. The summed E-state index contributed by atoms with van der Waals surface area (Å²) in [6.45, 7) is 2.59. The maximum absolute atomic E-state index is 14.2. The molecular formula is C32H33N5O2. The summed E-state index contributed by atoms with van der Waals surface area (Å²) in [5.41, 5.74) is 4.73. The van der Waals surface area contributed by atoms with Crippen molar-refractivity contribution in [2.75, 3.05) is 13.1 Å². The molecule has 2 aliphatic rings. The molecule has 1 aliphatic carbocycles. The number of carbonyl (C=O) groups is 1. The second-order valence-corrected chi connectivity index (χ2v) is 10.9. The van der Waals surface area contributed by atoms with Crippen LogP contribution in [0.5, 0.6) is 0 Å². The third kappa shape index (κ3) is 5.00. The summed E-state index contributed by atoms with van der Waals surface area (Å²) in [4.78, 5) is 28.7. The van der Waals surface area contributed by atoms with Crippen LogP contribution in [0.2, 0.25) is 0 Å². The van der Waals surface area contributed by atoms with E-state index in [0.717, 1.165) is 47.8 Å². The fourth-order valence-electron chi connectivity index (χ4n) is 6.04. The van der Waals surface area contributed by atoms with Crippen molar-refractivity contribution in [2.24, 2.45) is 13.0 Å². The SMILES string of the molecule is Cn1ccc(C2CCNC[C@@H]2C(=O)N(Cc2cn(Cc3ccccc3)c3cccc(C#N)c23)C2CC2)cc1=O. The number of carbonyl (C=O) groups excluding carboxylic acids is 1. The summed E-state index contributed by atoms with van der Waals surface area (Å²) < 4.78 is 3.76. The molecule has 1 N–H and O–H groups in total. The van der Waals surface area contributed by atoms with Crippen molar-refractivity contribution >= 4 is 16.8 Å². The van der Waals surface area contributed by atoms with E-state index in [-0.39, 0.29) is 29.3 Å². The molecule has 1 saturated carbocycles. The maximum Gasteiger partial charge on any atom is 0.250 e. The van der Waals surface area contributed by atoms with E-state index >= 15 is 0 Å². The second kappa shape index (κ2) is 10.5. The highest BCUT2D eigenvalue weighted by molar-refractivity contribution is 5.90. The molecule has 1 saturated heterocycles. The van der Waals surface area contributed by atoms with Crippen molar-refractivity contribution in [1.29, 1.82) is 5.26 Å². The Hall–Kier alpha value is -4.15. The molecule has 7 nitrogen and oxygen atoms in total. The molecule has 39 heavy (non-hydrogen) atoms. The summed E-state index contributed by atoms with van der Waals surface area (Å²) >= 11 is 0. The largest absolute Gasteiger partial charge is 0.343 e. The minimum atomic E-state index is -0.237. The predicted octanol–water partition coefficient (Wildman–Crippen LogP) is 4.14. The molecule has 7 heteroatoms. The number of nitriles is 1. The van der Waals surface area contributed by atoms with Gasteiger partial charge >= 0.3 is 0 Å². The van der Waals surface area contributed by atoms with Crippen LogP contribution in [-0.4, -0.2) is 39.1 Å². The van der Waals surface area contributed by atoms with Gasteiger partial charge in [0.1, 0.15) is 0 Å². The van der Waals surface area contributed by atoms with Crippen molar-refractivity contribution in [3.8, 4) is 6.07 Å². The number of aromatic nitrogens is 2. The first-order valence-electron chi connectivity index (χ1n) is 13.8. The number of nitrogens with zero attached hydrogens (tertiary/aromatic N) is 4. The Balaban J connectivity index is 1.35. The predicted molar refractivity (Wildman–Crippen MR) is 151 cm³/mol. The maximum atomic E-state index is 14.2. The first kappa shape index (κ1) is 25.1. The van der Waals surface area contributed by atoms with Crippen molar-refractivity contribution in [2.45, 2.75) is 44.3 Å². The molecular weight excluding hydrogens is 486 g/mol. The zero-order valence-corrected chi connectivity index (χ0v) is 22.2. The molecule has 4 aromatic rings. The lowest BCUT2D eigenvalue weighted by Crippen LogP contribution is -2.47. The summed E-state index contributed by atoms with van der Waals surface area (Å²) in [7, 11) is 1.75. The van der Waals surface area contributed by atoms with Gasteiger partial charge in [-0.05, 0) is 66.6 Å². The molecule has 198 valence electrons. The quantitative estimate of drug-likeness (QED) is 0.398. The Morgan fingerprint density at radius 1 is 1.10 bits per heavy atom. The Morgan fingerprint density at radius 2 is 1.92 bits per heavy atom. The highest BCUT2D eigenvalue weighted by atomic mass is 16.2. The van der Waals surface area contributed by atoms with Crippen LogP contribution < -0.4 is 10.9 Å². The molecule has 2 atom stereocenters. The molecule has 0 radical (unpaired) electrons. The van der Waals surface area contributed by atoms with E-state index in [0.29, 0.717) is 25.2 Å². The molecule has 1 amide bonds. The number of benzene rings is 2. The van der Waals surface area contributed by atoms with Gasteiger partial charge in [0.25, 0.3) is 5.56 Å². The number of hydrogen-bond acceptors (Lipinski definition) is 4. The normalized spacial score (nSPS) is 19.1. The molecule has 2 fully saturated rings. The minimum Gasteiger partial charge on any atom is -0.343 e. The van der Waals surface area contributed by atoms with Crippen molar-refractivity contribution < 1.29 is 4.79 Å². The lowest BCUT2D eigenvalue weighted by atomic mass is 9.80. The molecule has 0 bridgehead atoms. The number of hydrogen-bond donors (Lipinski definition) is 1. The molecule has 1 aliphatic heterocycles. The highest BCUT2D eigenvalue weighted by Gasteiger charge is 2.40. The third-order valence-corrected chi connectivity index (χ3v) is 8.27. The van der Waals surface area contributed by atoms with Gasteiger partial charge in [-0.1, -0.05) is 36.4 Å². The number of pyridine rings is 1. The van der Waals surface area contributed by atoms with Crippen LogP contribution in [0.1, 0.15) is 47.4 Å². The number of piperidine rings is 1. The van der Waals surface area contributed by atoms with Crippen LogP contribution in [0.4, 0.5) is 0 Å². The Kier molecular flexibility index (Phi) is 6.80. The van der Waals surface area contributed by atoms with Gasteiger partial charge < -0.3 is 19.4 Å².